The number of nitro groups is 1. The fourth-order valence-electron chi connectivity index (χ4n) is 2.12. The number of ether oxygens (including phenoxy) is 2. The first-order valence-corrected chi connectivity index (χ1v) is 6.45. The Kier molecular flexibility index (Phi) is 4.72. The van der Waals surface area contributed by atoms with Crippen molar-refractivity contribution in [1.82, 2.24) is 0 Å². The number of esters is 1. The number of carbonyl (C=O) groups is 1. The Morgan fingerprint density at radius 2 is 1.83 bits per heavy atom. The lowest BCUT2D eigenvalue weighted by Gasteiger charge is -2.12. The molecule has 0 amide bonds. The van der Waals surface area contributed by atoms with Gasteiger partial charge in [0.05, 0.1) is 23.2 Å². The monoisotopic (exact) mass is 341 g/mol. The van der Waals surface area contributed by atoms with E-state index in [1.54, 1.807) is 0 Å². The van der Waals surface area contributed by atoms with Crippen LogP contribution in [0.1, 0.15) is 10.4 Å². The Balaban J connectivity index is 2.64. The number of nitro benzene ring substituents is 1. The van der Waals surface area contributed by atoms with Crippen LogP contribution in [0.15, 0.2) is 42.5 Å². The van der Waals surface area contributed by atoms with E-state index >= 15 is 0 Å². The van der Waals surface area contributed by atoms with Crippen LogP contribution in [0.25, 0.3) is 11.1 Å². The minimum absolute atomic E-state index is 0.0180. The van der Waals surface area contributed by atoms with E-state index in [2.05, 4.69) is 9.47 Å². The smallest absolute Gasteiger partial charge is 0.465 e. The summed E-state index contributed by atoms with van der Waals surface area (Å²) in [5.41, 5.74) is -0.718. The molecule has 0 aliphatic heterocycles. The number of nitrogens with zero attached hydrogens (tertiary/aromatic N) is 1. The highest BCUT2D eigenvalue weighted by Gasteiger charge is 2.31. The van der Waals surface area contributed by atoms with E-state index in [9.17, 15) is 28.1 Å². The van der Waals surface area contributed by atoms with Gasteiger partial charge in [0.15, 0.2) is 0 Å². The molecular formula is C15H10F3NO5. The van der Waals surface area contributed by atoms with Crippen LogP contribution in [0.2, 0.25) is 0 Å². The van der Waals surface area contributed by atoms with E-state index < -0.39 is 28.7 Å². The number of alkyl halides is 3. The van der Waals surface area contributed by atoms with Gasteiger partial charge in [0.2, 0.25) is 0 Å². The maximum absolute atomic E-state index is 12.3. The maximum atomic E-state index is 12.3. The van der Waals surface area contributed by atoms with Crippen molar-refractivity contribution in [3.63, 3.8) is 0 Å². The molecule has 0 N–H and O–H groups in total. The van der Waals surface area contributed by atoms with Crippen molar-refractivity contribution in [3.8, 4) is 16.9 Å². The molecule has 0 bridgehead atoms. The molecule has 2 aromatic rings. The fourth-order valence-corrected chi connectivity index (χ4v) is 2.12. The molecule has 24 heavy (non-hydrogen) atoms. The first kappa shape index (κ1) is 17.3. The second-order valence-corrected chi connectivity index (χ2v) is 4.52. The second-order valence-electron chi connectivity index (χ2n) is 4.52. The average Bonchev–Trinajstić information content (AvgIpc) is 2.52. The number of hydrogen-bond acceptors (Lipinski definition) is 5. The highest BCUT2D eigenvalue weighted by Crippen LogP contribution is 2.36. The van der Waals surface area contributed by atoms with Gasteiger partial charge in [-0.1, -0.05) is 18.2 Å². The second kappa shape index (κ2) is 6.57. The van der Waals surface area contributed by atoms with Crippen LogP contribution in [-0.4, -0.2) is 24.4 Å². The summed E-state index contributed by atoms with van der Waals surface area (Å²) in [5, 5.41) is 11.2. The van der Waals surface area contributed by atoms with Crippen LogP contribution in [-0.2, 0) is 4.74 Å². The summed E-state index contributed by atoms with van der Waals surface area (Å²) in [5.74, 6) is -1.41. The third-order valence-corrected chi connectivity index (χ3v) is 3.00. The molecule has 0 spiro atoms. The van der Waals surface area contributed by atoms with Gasteiger partial charge in [-0.2, -0.15) is 0 Å². The zero-order valence-electron chi connectivity index (χ0n) is 12.2. The van der Waals surface area contributed by atoms with Crippen LogP contribution >= 0.6 is 0 Å². The van der Waals surface area contributed by atoms with Gasteiger partial charge in [-0.3, -0.25) is 10.1 Å². The van der Waals surface area contributed by atoms with Crippen LogP contribution in [0.4, 0.5) is 18.9 Å². The number of hydrogen-bond donors (Lipinski definition) is 0. The third-order valence-electron chi connectivity index (χ3n) is 3.00. The minimum Gasteiger partial charge on any atom is -0.465 e. The van der Waals surface area contributed by atoms with Crippen molar-refractivity contribution < 1.29 is 32.4 Å². The summed E-state index contributed by atoms with van der Waals surface area (Å²) in [7, 11) is 1.09. The van der Waals surface area contributed by atoms with Gasteiger partial charge in [-0.05, 0) is 23.8 Å². The molecular weight excluding hydrogens is 331 g/mol. The summed E-state index contributed by atoms with van der Waals surface area (Å²) in [6.45, 7) is 0. The first-order valence-electron chi connectivity index (χ1n) is 6.45. The zero-order valence-corrected chi connectivity index (χ0v) is 12.2. The minimum atomic E-state index is -4.91. The number of halogens is 3. The molecule has 0 aromatic heterocycles. The van der Waals surface area contributed by atoms with Crippen LogP contribution in [0, 0.1) is 10.1 Å². The van der Waals surface area contributed by atoms with Gasteiger partial charge in [-0.15, -0.1) is 13.2 Å². The summed E-state index contributed by atoms with van der Waals surface area (Å²) in [6.07, 6.45) is -4.91. The number of carbonyl (C=O) groups excluding carboxylic acids is 1. The quantitative estimate of drug-likeness (QED) is 0.478. The van der Waals surface area contributed by atoms with Crippen LogP contribution in [0.3, 0.4) is 0 Å². The van der Waals surface area contributed by atoms with E-state index in [4.69, 9.17) is 0 Å². The lowest BCUT2D eigenvalue weighted by molar-refractivity contribution is -0.384. The van der Waals surface area contributed by atoms with Crippen molar-refractivity contribution in [3.05, 3.63) is 58.1 Å². The van der Waals surface area contributed by atoms with Crippen molar-refractivity contribution in [2.45, 2.75) is 6.36 Å². The van der Waals surface area contributed by atoms with Gasteiger partial charge in [-0.25, -0.2) is 4.79 Å². The van der Waals surface area contributed by atoms with Gasteiger partial charge < -0.3 is 9.47 Å². The highest BCUT2D eigenvalue weighted by molar-refractivity contribution is 6.00. The van der Waals surface area contributed by atoms with E-state index in [1.807, 2.05) is 0 Å². The molecule has 0 aliphatic rings. The average molecular weight is 341 g/mol. The number of rotatable bonds is 4. The predicted octanol–water partition coefficient (Wildman–Crippen LogP) is 3.95. The topological polar surface area (TPSA) is 78.7 Å². The molecule has 126 valence electrons. The highest BCUT2D eigenvalue weighted by atomic mass is 19.4. The summed E-state index contributed by atoms with van der Waals surface area (Å²) in [4.78, 5) is 22.3. The number of benzene rings is 2. The molecule has 0 unspecified atom stereocenters. The molecule has 0 saturated heterocycles. The summed E-state index contributed by atoms with van der Waals surface area (Å²) in [6, 6.07) is 8.27. The van der Waals surface area contributed by atoms with Crippen molar-refractivity contribution in [1.29, 1.82) is 0 Å². The Labute approximate surface area is 133 Å². The van der Waals surface area contributed by atoms with Gasteiger partial charge >= 0.3 is 12.3 Å². The van der Waals surface area contributed by atoms with Gasteiger partial charge in [0.1, 0.15) is 5.75 Å². The standard InChI is InChI=1S/C15H10F3NO5/c1-23-14(20)11-6-3-7-12(19(21)22)13(11)9-4-2-5-10(8-9)24-15(16,17)18/h2-8H,1H3. The predicted molar refractivity (Wildman–Crippen MR) is 76.6 cm³/mol. The van der Waals surface area contributed by atoms with Crippen molar-refractivity contribution in [2.24, 2.45) is 0 Å². The molecule has 6 nitrogen and oxygen atoms in total. The lowest BCUT2D eigenvalue weighted by Crippen LogP contribution is -2.17. The Bertz CT molecular complexity index is 789. The van der Waals surface area contributed by atoms with E-state index in [-0.39, 0.29) is 16.7 Å². The van der Waals surface area contributed by atoms with Crippen molar-refractivity contribution >= 4 is 11.7 Å². The third kappa shape index (κ3) is 3.80. The van der Waals surface area contributed by atoms with Crippen molar-refractivity contribution in [2.75, 3.05) is 7.11 Å². The number of methoxy groups -OCH3 is 1. The molecule has 0 aliphatic carbocycles. The molecule has 2 rings (SSSR count). The molecule has 9 heteroatoms. The largest absolute Gasteiger partial charge is 0.573 e. The van der Waals surface area contributed by atoms with E-state index in [0.29, 0.717) is 0 Å². The molecule has 0 saturated carbocycles. The lowest BCUT2D eigenvalue weighted by atomic mass is 9.97. The summed E-state index contributed by atoms with van der Waals surface area (Å²) < 4.78 is 45.4. The maximum Gasteiger partial charge on any atom is 0.573 e. The molecule has 0 fully saturated rings. The molecule has 2 aromatic carbocycles. The van der Waals surface area contributed by atoms with Gasteiger partial charge in [0.25, 0.3) is 5.69 Å². The Morgan fingerprint density at radius 1 is 1.17 bits per heavy atom. The Morgan fingerprint density at radius 3 is 2.42 bits per heavy atom. The fraction of sp³-hybridized carbons (Fsp3) is 0.133. The van der Waals surface area contributed by atoms with Crippen LogP contribution in [0.5, 0.6) is 5.75 Å². The molecule has 0 atom stereocenters. The summed E-state index contributed by atoms with van der Waals surface area (Å²) >= 11 is 0. The molecule has 0 radical (unpaired) electrons. The van der Waals surface area contributed by atoms with E-state index in [1.165, 1.54) is 24.3 Å². The SMILES string of the molecule is COC(=O)c1cccc([N+](=O)[O-])c1-c1cccc(OC(F)(F)F)c1. The molecule has 0 heterocycles. The van der Waals surface area contributed by atoms with Crippen LogP contribution < -0.4 is 4.74 Å². The van der Waals surface area contributed by atoms with Gasteiger partial charge in [0, 0.05) is 6.07 Å². The Hall–Kier alpha value is -3.10. The van der Waals surface area contributed by atoms with E-state index in [0.717, 1.165) is 25.3 Å². The zero-order chi connectivity index (χ0) is 17.9. The normalized spacial score (nSPS) is 11.0. The first-order chi connectivity index (χ1) is 11.2.